The van der Waals surface area contributed by atoms with Crippen LogP contribution in [0.1, 0.15) is 51.9 Å². The third-order valence-corrected chi connectivity index (χ3v) is 3.39. The number of carboxylic acids is 1. The van der Waals surface area contributed by atoms with Gasteiger partial charge in [-0.2, -0.15) is 11.8 Å². The van der Waals surface area contributed by atoms with Crippen molar-refractivity contribution in [3.63, 3.8) is 0 Å². The maximum Gasteiger partial charge on any atom is 0.316 e. The fourth-order valence-corrected chi connectivity index (χ4v) is 2.06. The summed E-state index contributed by atoms with van der Waals surface area (Å²) in [5.74, 6) is -0.661. The second-order valence-corrected chi connectivity index (χ2v) is 4.66. The average molecular weight is 218 g/mol. The van der Waals surface area contributed by atoms with Crippen LogP contribution < -0.4 is 0 Å². The van der Waals surface area contributed by atoms with Gasteiger partial charge in [-0.3, -0.25) is 4.79 Å². The average Bonchev–Trinajstić information content (AvgIpc) is 2.16. The zero-order valence-corrected chi connectivity index (χ0v) is 10.1. The van der Waals surface area contributed by atoms with Crippen LogP contribution in [0.3, 0.4) is 0 Å². The minimum Gasteiger partial charge on any atom is -0.480 e. The Kier molecular flexibility index (Phi) is 9.26. The maximum atomic E-state index is 10.7. The van der Waals surface area contributed by atoms with Crippen LogP contribution in [0.15, 0.2) is 0 Å². The van der Waals surface area contributed by atoms with Crippen molar-refractivity contribution in [2.24, 2.45) is 0 Å². The largest absolute Gasteiger partial charge is 0.480 e. The van der Waals surface area contributed by atoms with E-state index in [1.165, 1.54) is 43.9 Å². The van der Waals surface area contributed by atoms with Gasteiger partial charge < -0.3 is 5.11 Å². The van der Waals surface area contributed by atoms with Crippen LogP contribution in [0.5, 0.6) is 0 Å². The number of unbranched alkanes of at least 4 members (excludes halogenated alkanes) is 5. The Morgan fingerprint density at radius 3 is 2.29 bits per heavy atom. The molecule has 2 nitrogen and oxygen atoms in total. The van der Waals surface area contributed by atoms with Crippen molar-refractivity contribution in [2.45, 2.75) is 57.1 Å². The van der Waals surface area contributed by atoms with Gasteiger partial charge in [0.15, 0.2) is 0 Å². The van der Waals surface area contributed by atoms with Gasteiger partial charge in [-0.05, 0) is 12.7 Å². The van der Waals surface area contributed by atoms with Gasteiger partial charge in [-0.15, -0.1) is 0 Å². The molecule has 0 aromatic carbocycles. The van der Waals surface area contributed by atoms with E-state index in [1.807, 2.05) is 6.26 Å². The second kappa shape index (κ2) is 9.38. The molecule has 84 valence electrons. The third kappa shape index (κ3) is 7.25. The molecule has 14 heavy (non-hydrogen) atoms. The summed E-state index contributed by atoms with van der Waals surface area (Å²) < 4.78 is 0. The van der Waals surface area contributed by atoms with Gasteiger partial charge in [-0.25, -0.2) is 0 Å². The zero-order valence-electron chi connectivity index (χ0n) is 9.29. The topological polar surface area (TPSA) is 37.3 Å². The number of rotatable bonds is 9. The predicted molar refractivity (Wildman–Crippen MR) is 62.9 cm³/mol. The van der Waals surface area contributed by atoms with Gasteiger partial charge in [0, 0.05) is 0 Å². The Bertz CT molecular complexity index is 148. The summed E-state index contributed by atoms with van der Waals surface area (Å²) in [6, 6.07) is 0. The summed E-state index contributed by atoms with van der Waals surface area (Å²) in [6.07, 6.45) is 10.1. The van der Waals surface area contributed by atoms with Crippen LogP contribution >= 0.6 is 11.8 Å². The first kappa shape index (κ1) is 13.8. The summed E-state index contributed by atoms with van der Waals surface area (Å²) in [6.45, 7) is 2.20. The Hall–Kier alpha value is -0.180. The molecule has 0 fully saturated rings. The number of carboxylic acid groups (broad SMARTS) is 1. The Labute approximate surface area is 91.5 Å². The van der Waals surface area contributed by atoms with E-state index in [0.29, 0.717) is 0 Å². The lowest BCUT2D eigenvalue weighted by molar-refractivity contribution is -0.136. The van der Waals surface area contributed by atoms with Crippen molar-refractivity contribution in [1.29, 1.82) is 0 Å². The first-order chi connectivity index (χ1) is 6.72. The molecule has 1 atom stereocenters. The molecular formula is C11H22O2S. The van der Waals surface area contributed by atoms with Crippen molar-refractivity contribution < 1.29 is 9.90 Å². The van der Waals surface area contributed by atoms with Crippen molar-refractivity contribution in [3.8, 4) is 0 Å². The molecule has 0 radical (unpaired) electrons. The lowest BCUT2D eigenvalue weighted by atomic mass is 10.1. The highest BCUT2D eigenvalue weighted by Crippen LogP contribution is 2.16. The molecule has 0 aliphatic carbocycles. The lowest BCUT2D eigenvalue weighted by Gasteiger charge is -2.08. The van der Waals surface area contributed by atoms with E-state index >= 15 is 0 Å². The molecule has 0 saturated heterocycles. The van der Waals surface area contributed by atoms with Crippen LogP contribution in [0, 0.1) is 0 Å². The van der Waals surface area contributed by atoms with E-state index in [0.717, 1.165) is 12.8 Å². The van der Waals surface area contributed by atoms with Crippen molar-refractivity contribution in [1.82, 2.24) is 0 Å². The van der Waals surface area contributed by atoms with Crippen molar-refractivity contribution in [2.75, 3.05) is 6.26 Å². The molecule has 0 bridgehead atoms. The van der Waals surface area contributed by atoms with Crippen LogP contribution in [-0.4, -0.2) is 22.6 Å². The van der Waals surface area contributed by atoms with Crippen LogP contribution in [-0.2, 0) is 4.79 Å². The number of carbonyl (C=O) groups is 1. The number of aliphatic carboxylic acids is 1. The van der Waals surface area contributed by atoms with Gasteiger partial charge in [-0.1, -0.05) is 45.4 Å². The normalized spacial score (nSPS) is 12.7. The molecule has 3 heteroatoms. The third-order valence-electron chi connectivity index (χ3n) is 2.38. The molecule has 0 amide bonds. The number of hydrogen-bond donors (Lipinski definition) is 1. The highest BCUT2D eigenvalue weighted by Gasteiger charge is 2.14. The molecule has 0 aliphatic heterocycles. The van der Waals surface area contributed by atoms with Crippen molar-refractivity contribution >= 4 is 17.7 Å². The van der Waals surface area contributed by atoms with E-state index in [4.69, 9.17) is 5.11 Å². The smallest absolute Gasteiger partial charge is 0.316 e. The molecule has 0 rings (SSSR count). The fraction of sp³-hybridized carbons (Fsp3) is 0.909. The first-order valence-electron chi connectivity index (χ1n) is 5.48. The van der Waals surface area contributed by atoms with Gasteiger partial charge in [0.25, 0.3) is 0 Å². The summed E-state index contributed by atoms with van der Waals surface area (Å²) in [4.78, 5) is 10.7. The SMILES string of the molecule is CCCCCCCCC(SC)C(=O)O. The standard InChI is InChI=1S/C11H22O2S/c1-3-4-5-6-7-8-9-10(14-2)11(12)13/h10H,3-9H2,1-2H3,(H,12,13). The predicted octanol–water partition coefficient (Wildman–Crippen LogP) is 3.55. The molecule has 1 unspecified atom stereocenters. The van der Waals surface area contributed by atoms with Crippen LogP contribution in [0.25, 0.3) is 0 Å². The molecule has 0 heterocycles. The molecule has 0 aromatic heterocycles. The van der Waals surface area contributed by atoms with Gasteiger partial charge in [0.1, 0.15) is 5.25 Å². The van der Waals surface area contributed by atoms with Crippen molar-refractivity contribution in [3.05, 3.63) is 0 Å². The molecular weight excluding hydrogens is 196 g/mol. The van der Waals surface area contributed by atoms with E-state index in [2.05, 4.69) is 6.92 Å². The zero-order chi connectivity index (χ0) is 10.8. The molecule has 0 aliphatic rings. The fourth-order valence-electron chi connectivity index (χ4n) is 1.45. The lowest BCUT2D eigenvalue weighted by Crippen LogP contribution is -2.15. The minimum atomic E-state index is -0.661. The van der Waals surface area contributed by atoms with E-state index in [1.54, 1.807) is 0 Å². The van der Waals surface area contributed by atoms with E-state index in [-0.39, 0.29) is 5.25 Å². The minimum absolute atomic E-state index is 0.193. The number of hydrogen-bond acceptors (Lipinski definition) is 2. The molecule has 1 N–H and O–H groups in total. The first-order valence-corrected chi connectivity index (χ1v) is 6.76. The summed E-state index contributed by atoms with van der Waals surface area (Å²) >= 11 is 1.45. The Balaban J connectivity index is 3.29. The van der Waals surface area contributed by atoms with Gasteiger partial charge in [0.05, 0.1) is 0 Å². The highest BCUT2D eigenvalue weighted by atomic mass is 32.2. The summed E-state index contributed by atoms with van der Waals surface area (Å²) in [5, 5.41) is 8.60. The van der Waals surface area contributed by atoms with E-state index in [9.17, 15) is 4.79 Å². The van der Waals surface area contributed by atoms with Crippen LogP contribution in [0.4, 0.5) is 0 Å². The maximum absolute atomic E-state index is 10.7. The number of thioether (sulfide) groups is 1. The monoisotopic (exact) mass is 218 g/mol. The molecule has 0 saturated carbocycles. The molecule has 0 aromatic rings. The molecule has 0 spiro atoms. The highest BCUT2D eigenvalue weighted by molar-refractivity contribution is 7.99. The quantitative estimate of drug-likeness (QED) is 0.601. The van der Waals surface area contributed by atoms with E-state index < -0.39 is 5.97 Å². The Morgan fingerprint density at radius 1 is 1.21 bits per heavy atom. The van der Waals surface area contributed by atoms with Gasteiger partial charge >= 0.3 is 5.97 Å². The second-order valence-electron chi connectivity index (χ2n) is 3.62. The summed E-state index contributed by atoms with van der Waals surface area (Å²) in [7, 11) is 0. The van der Waals surface area contributed by atoms with Gasteiger partial charge in [0.2, 0.25) is 0 Å². The Morgan fingerprint density at radius 2 is 1.79 bits per heavy atom. The summed E-state index contributed by atoms with van der Waals surface area (Å²) in [5.41, 5.74) is 0. The van der Waals surface area contributed by atoms with Crippen LogP contribution in [0.2, 0.25) is 0 Å².